The van der Waals surface area contributed by atoms with E-state index in [0.29, 0.717) is 47.4 Å². The predicted octanol–water partition coefficient (Wildman–Crippen LogP) is 3.60. The van der Waals surface area contributed by atoms with E-state index < -0.39 is 29.7 Å². The summed E-state index contributed by atoms with van der Waals surface area (Å²) in [5.41, 5.74) is 0.791. The van der Waals surface area contributed by atoms with Gasteiger partial charge in [-0.15, -0.1) is 0 Å². The second-order valence-corrected chi connectivity index (χ2v) is 9.47. The zero-order valence-electron chi connectivity index (χ0n) is 17.7. The topological polar surface area (TPSA) is 78.8 Å². The van der Waals surface area contributed by atoms with E-state index in [4.69, 9.17) is 21.3 Å². The van der Waals surface area contributed by atoms with Gasteiger partial charge in [-0.25, -0.2) is 19.2 Å². The van der Waals surface area contributed by atoms with Crippen LogP contribution in [0.2, 0.25) is 5.15 Å². The van der Waals surface area contributed by atoms with Gasteiger partial charge in [-0.1, -0.05) is 11.6 Å². The minimum atomic E-state index is -0.658. The highest BCUT2D eigenvalue weighted by molar-refractivity contribution is 6.30. The fourth-order valence-corrected chi connectivity index (χ4v) is 4.57. The number of hydrogen-bond donors (Lipinski definition) is 1. The summed E-state index contributed by atoms with van der Waals surface area (Å²) in [7, 11) is 0. The number of aliphatic hydroxyl groups is 1. The first-order valence-electron chi connectivity index (χ1n) is 10.0. The fourth-order valence-electron chi connectivity index (χ4n) is 4.43. The van der Waals surface area contributed by atoms with Crippen LogP contribution in [-0.2, 0) is 4.74 Å². The van der Waals surface area contributed by atoms with Gasteiger partial charge in [0.15, 0.2) is 11.0 Å². The number of rotatable bonds is 1. The van der Waals surface area contributed by atoms with Crippen molar-refractivity contribution in [2.45, 2.75) is 64.8 Å². The number of pyridine rings is 2. The number of carbonyl (C=O) groups is 1. The Hall–Kier alpha value is -2.19. The van der Waals surface area contributed by atoms with Crippen LogP contribution >= 0.6 is 11.6 Å². The summed E-state index contributed by atoms with van der Waals surface area (Å²) in [6.07, 6.45) is 0.913. The highest BCUT2D eigenvalue weighted by Gasteiger charge is 2.49. The molecule has 2 aliphatic rings. The molecule has 0 aromatic carbocycles. The number of hydrogen-bond acceptors (Lipinski definition) is 6. The molecule has 7 nitrogen and oxygen atoms in total. The number of amides is 1. The average molecular weight is 437 g/mol. The molecule has 2 aromatic rings. The molecule has 0 unspecified atom stereocenters. The molecular formula is C21H26ClFN4O3. The van der Waals surface area contributed by atoms with E-state index in [0.717, 1.165) is 0 Å². The van der Waals surface area contributed by atoms with Crippen LogP contribution in [0.4, 0.5) is 15.0 Å². The van der Waals surface area contributed by atoms with E-state index in [1.807, 2.05) is 39.5 Å². The minimum absolute atomic E-state index is 0.174. The van der Waals surface area contributed by atoms with Gasteiger partial charge in [0.05, 0.1) is 18.2 Å². The number of aryl methyl sites for hydroxylation is 2. The quantitative estimate of drug-likeness (QED) is 0.688. The molecule has 0 aliphatic carbocycles. The van der Waals surface area contributed by atoms with Crippen molar-refractivity contribution in [1.29, 1.82) is 0 Å². The molecule has 1 amide bonds. The molecule has 9 heteroatoms. The van der Waals surface area contributed by atoms with Crippen LogP contribution in [0.1, 0.15) is 38.4 Å². The third kappa shape index (κ3) is 3.46. The van der Waals surface area contributed by atoms with Gasteiger partial charge in [-0.05, 0) is 46.6 Å². The molecule has 0 radical (unpaired) electrons. The maximum Gasteiger partial charge on any atom is 0.411 e. The Morgan fingerprint density at radius 2 is 2.03 bits per heavy atom. The third-order valence-corrected chi connectivity index (χ3v) is 6.12. The Morgan fingerprint density at radius 1 is 1.33 bits per heavy atom. The van der Waals surface area contributed by atoms with Crippen molar-refractivity contribution in [1.82, 2.24) is 14.9 Å². The Labute approximate surface area is 179 Å². The molecule has 1 N–H and O–H groups in total. The monoisotopic (exact) mass is 436 g/mol. The predicted molar refractivity (Wildman–Crippen MR) is 112 cm³/mol. The van der Waals surface area contributed by atoms with Crippen LogP contribution in [0.25, 0.3) is 10.8 Å². The number of anilines is 1. The van der Waals surface area contributed by atoms with Crippen LogP contribution < -0.4 is 4.90 Å². The number of carbonyl (C=O) groups excluding carboxylic acids is 1. The van der Waals surface area contributed by atoms with Crippen LogP contribution in [0, 0.1) is 19.7 Å². The van der Waals surface area contributed by atoms with E-state index in [1.165, 1.54) is 6.20 Å². The zero-order valence-corrected chi connectivity index (χ0v) is 18.5. The molecule has 2 bridgehead atoms. The van der Waals surface area contributed by atoms with Gasteiger partial charge in [0.2, 0.25) is 0 Å². The molecule has 0 saturated carbocycles. The second-order valence-electron chi connectivity index (χ2n) is 9.11. The van der Waals surface area contributed by atoms with Crippen molar-refractivity contribution in [2.75, 3.05) is 18.0 Å². The normalized spacial score (nSPS) is 23.9. The number of ether oxygens (including phenoxy) is 1. The summed E-state index contributed by atoms with van der Waals surface area (Å²) >= 11 is 5.92. The van der Waals surface area contributed by atoms with Gasteiger partial charge >= 0.3 is 6.09 Å². The van der Waals surface area contributed by atoms with Gasteiger partial charge < -0.3 is 14.7 Å². The number of nitrogens with zero attached hydrogens (tertiary/aromatic N) is 4. The van der Waals surface area contributed by atoms with Crippen molar-refractivity contribution in [3.63, 3.8) is 0 Å². The lowest BCUT2D eigenvalue weighted by Gasteiger charge is -2.42. The van der Waals surface area contributed by atoms with E-state index >= 15 is 0 Å². The van der Waals surface area contributed by atoms with Gasteiger partial charge in [0.25, 0.3) is 0 Å². The molecule has 30 heavy (non-hydrogen) atoms. The molecule has 4 heterocycles. The van der Waals surface area contributed by atoms with Crippen molar-refractivity contribution in [2.24, 2.45) is 0 Å². The first-order valence-corrected chi connectivity index (χ1v) is 10.4. The number of piperazine rings is 1. The summed E-state index contributed by atoms with van der Waals surface area (Å²) in [6, 6.07) is -0.653. The number of aromatic nitrogens is 2. The second kappa shape index (κ2) is 7.20. The highest BCUT2D eigenvalue weighted by Crippen LogP contribution is 2.38. The van der Waals surface area contributed by atoms with Gasteiger partial charge in [0, 0.05) is 35.8 Å². The Morgan fingerprint density at radius 3 is 2.67 bits per heavy atom. The lowest BCUT2D eigenvalue weighted by Crippen LogP contribution is -2.58. The summed E-state index contributed by atoms with van der Waals surface area (Å²) < 4.78 is 20.3. The first kappa shape index (κ1) is 21.1. The molecule has 162 valence electrons. The van der Waals surface area contributed by atoms with Crippen molar-refractivity contribution >= 4 is 34.3 Å². The number of fused-ring (bicyclic) bond motifs is 3. The van der Waals surface area contributed by atoms with Crippen LogP contribution in [0.15, 0.2) is 6.20 Å². The van der Waals surface area contributed by atoms with Crippen LogP contribution in [0.5, 0.6) is 0 Å². The Kier molecular flexibility index (Phi) is 5.05. The lowest BCUT2D eigenvalue weighted by atomic mass is 10.1. The largest absolute Gasteiger partial charge is 0.444 e. The highest BCUT2D eigenvalue weighted by atomic mass is 35.5. The number of halogens is 2. The maximum absolute atomic E-state index is 14.8. The molecule has 0 spiro atoms. The molecule has 2 saturated heterocycles. The lowest BCUT2D eigenvalue weighted by molar-refractivity contribution is 0.00605. The molecule has 2 aromatic heterocycles. The zero-order chi connectivity index (χ0) is 22.0. The van der Waals surface area contributed by atoms with Crippen molar-refractivity contribution in [3.05, 3.63) is 28.4 Å². The first-order chi connectivity index (χ1) is 14.0. The SMILES string of the molecule is Cc1nc(N2C[C@H]3C[C@@H](O)[C@@H](C2)N3C(=O)OC(C)(C)C)c2cnc(Cl)c(F)c2c1C. The minimum Gasteiger partial charge on any atom is -0.444 e. The van der Waals surface area contributed by atoms with Crippen LogP contribution in [0.3, 0.4) is 0 Å². The smallest absolute Gasteiger partial charge is 0.411 e. The number of aliphatic hydroxyl groups excluding tert-OH is 1. The van der Waals surface area contributed by atoms with Crippen LogP contribution in [-0.4, -0.2) is 62.9 Å². The van der Waals surface area contributed by atoms with E-state index in [1.54, 1.807) is 4.90 Å². The van der Waals surface area contributed by atoms with Crippen molar-refractivity contribution < 1.29 is 19.0 Å². The van der Waals surface area contributed by atoms with E-state index in [-0.39, 0.29) is 11.2 Å². The maximum atomic E-state index is 14.8. The summed E-state index contributed by atoms with van der Waals surface area (Å²) in [5, 5.41) is 11.4. The van der Waals surface area contributed by atoms with E-state index in [9.17, 15) is 14.3 Å². The summed E-state index contributed by atoms with van der Waals surface area (Å²) in [6.45, 7) is 9.91. The molecule has 2 fully saturated rings. The molecule has 4 rings (SSSR count). The average Bonchev–Trinajstić information content (AvgIpc) is 2.84. The van der Waals surface area contributed by atoms with Gasteiger partial charge in [-0.3, -0.25) is 4.90 Å². The van der Waals surface area contributed by atoms with Gasteiger partial charge in [0.1, 0.15) is 11.4 Å². The summed E-state index contributed by atoms with van der Waals surface area (Å²) in [4.78, 5) is 25.1. The summed E-state index contributed by atoms with van der Waals surface area (Å²) in [5.74, 6) is 0.0259. The Balaban J connectivity index is 1.72. The Bertz CT molecular complexity index is 1020. The fraction of sp³-hybridized carbons (Fsp3) is 0.571. The molecule has 3 atom stereocenters. The standard InChI is InChI=1S/C21H26ClFN4O3/c1-10-11(2)25-19(13-7-24-18(22)17(23)16(10)13)26-8-12-6-15(28)14(9-26)27(12)20(29)30-21(3,4)5/h7,12,14-15,28H,6,8-9H2,1-5H3/t12-,14-,15-/m1/s1. The molecule has 2 aliphatic heterocycles. The van der Waals surface area contributed by atoms with Crippen molar-refractivity contribution in [3.8, 4) is 0 Å². The third-order valence-electron chi connectivity index (χ3n) is 5.86. The molecular weight excluding hydrogens is 411 g/mol. The van der Waals surface area contributed by atoms with E-state index in [2.05, 4.69) is 4.98 Å². The van der Waals surface area contributed by atoms with Gasteiger partial charge in [-0.2, -0.15) is 0 Å².